The molecular formula is C13H19NO3S. The molecular weight excluding hydrogens is 250 g/mol. The summed E-state index contributed by atoms with van der Waals surface area (Å²) < 4.78 is 30.1. The SMILES string of the molecule is CNC(C)CC1Cc2c(OC)cccc2S1(=O)=O. The van der Waals surface area contributed by atoms with Gasteiger partial charge in [0.1, 0.15) is 5.75 Å². The molecule has 5 heteroatoms. The Morgan fingerprint density at radius 1 is 1.50 bits per heavy atom. The maximum absolute atomic E-state index is 12.4. The quantitative estimate of drug-likeness (QED) is 0.897. The molecule has 0 saturated carbocycles. The van der Waals surface area contributed by atoms with E-state index in [1.165, 1.54) is 0 Å². The van der Waals surface area contributed by atoms with Crippen LogP contribution >= 0.6 is 0 Å². The standard InChI is InChI=1S/C13H19NO3S/c1-9(14-2)7-10-8-11-12(17-3)5-4-6-13(11)18(10,15)16/h4-6,9-10,14H,7-8H2,1-3H3. The predicted octanol–water partition coefficient (Wildman–Crippen LogP) is 1.39. The van der Waals surface area contributed by atoms with Crippen LogP contribution in [-0.2, 0) is 16.3 Å². The predicted molar refractivity (Wildman–Crippen MR) is 70.8 cm³/mol. The Labute approximate surface area is 108 Å². The van der Waals surface area contributed by atoms with Gasteiger partial charge in [-0.05, 0) is 38.9 Å². The van der Waals surface area contributed by atoms with Crippen molar-refractivity contribution in [1.29, 1.82) is 0 Å². The number of sulfone groups is 1. The normalized spacial score (nSPS) is 22.5. The van der Waals surface area contributed by atoms with Crippen molar-refractivity contribution in [3.05, 3.63) is 23.8 Å². The lowest BCUT2D eigenvalue weighted by molar-refractivity contribution is 0.407. The number of methoxy groups -OCH3 is 1. The van der Waals surface area contributed by atoms with Gasteiger partial charge in [0.25, 0.3) is 0 Å². The smallest absolute Gasteiger partial charge is 0.182 e. The summed E-state index contributed by atoms with van der Waals surface area (Å²) in [7, 11) is 0.218. The molecule has 2 rings (SSSR count). The van der Waals surface area contributed by atoms with Gasteiger partial charge in [0.05, 0.1) is 17.3 Å². The molecule has 18 heavy (non-hydrogen) atoms. The molecule has 1 aliphatic rings. The molecule has 1 aromatic carbocycles. The lowest BCUT2D eigenvalue weighted by Crippen LogP contribution is -2.29. The molecule has 0 bridgehead atoms. The average molecular weight is 269 g/mol. The van der Waals surface area contributed by atoms with Gasteiger partial charge < -0.3 is 10.1 Å². The summed E-state index contributed by atoms with van der Waals surface area (Å²) in [5.74, 6) is 0.677. The van der Waals surface area contributed by atoms with E-state index in [2.05, 4.69) is 5.32 Å². The molecule has 1 heterocycles. The van der Waals surface area contributed by atoms with Gasteiger partial charge in [-0.1, -0.05) is 6.07 Å². The zero-order chi connectivity index (χ0) is 13.3. The third-order valence-corrected chi connectivity index (χ3v) is 5.83. The Morgan fingerprint density at radius 3 is 2.83 bits per heavy atom. The minimum atomic E-state index is -3.20. The first kappa shape index (κ1) is 13.4. The van der Waals surface area contributed by atoms with E-state index in [0.717, 1.165) is 5.56 Å². The number of rotatable bonds is 4. The van der Waals surface area contributed by atoms with Crippen molar-refractivity contribution < 1.29 is 13.2 Å². The molecule has 1 aromatic rings. The highest BCUT2D eigenvalue weighted by atomic mass is 32.2. The zero-order valence-electron chi connectivity index (χ0n) is 10.9. The van der Waals surface area contributed by atoms with Crippen molar-refractivity contribution in [2.24, 2.45) is 0 Å². The Hall–Kier alpha value is -1.07. The number of hydrogen-bond donors (Lipinski definition) is 1. The molecule has 0 aliphatic carbocycles. The van der Waals surface area contributed by atoms with Crippen LogP contribution < -0.4 is 10.1 Å². The van der Waals surface area contributed by atoms with Crippen LogP contribution in [0.1, 0.15) is 18.9 Å². The first-order valence-corrected chi connectivity index (χ1v) is 7.62. The van der Waals surface area contributed by atoms with E-state index in [9.17, 15) is 8.42 Å². The van der Waals surface area contributed by atoms with E-state index in [4.69, 9.17) is 4.74 Å². The molecule has 0 saturated heterocycles. The van der Waals surface area contributed by atoms with E-state index < -0.39 is 9.84 Å². The molecule has 2 unspecified atom stereocenters. The van der Waals surface area contributed by atoms with Gasteiger partial charge in [-0.3, -0.25) is 0 Å². The molecule has 1 N–H and O–H groups in total. The van der Waals surface area contributed by atoms with Gasteiger partial charge in [0, 0.05) is 11.6 Å². The number of ether oxygens (including phenoxy) is 1. The van der Waals surface area contributed by atoms with Crippen molar-refractivity contribution >= 4 is 9.84 Å². The zero-order valence-corrected chi connectivity index (χ0v) is 11.8. The molecule has 0 radical (unpaired) electrons. The molecule has 4 nitrogen and oxygen atoms in total. The number of nitrogens with one attached hydrogen (secondary N) is 1. The summed E-state index contributed by atoms with van der Waals surface area (Å²) in [6.07, 6.45) is 1.17. The van der Waals surface area contributed by atoms with Crippen molar-refractivity contribution in [1.82, 2.24) is 5.32 Å². The second-order valence-electron chi connectivity index (χ2n) is 4.73. The summed E-state index contributed by atoms with van der Waals surface area (Å²) in [5, 5.41) is 2.75. The van der Waals surface area contributed by atoms with Gasteiger partial charge in [0.2, 0.25) is 0 Å². The van der Waals surface area contributed by atoms with Crippen molar-refractivity contribution in [3.8, 4) is 5.75 Å². The number of fused-ring (bicyclic) bond motifs is 1. The van der Waals surface area contributed by atoms with Crippen LogP contribution in [0.15, 0.2) is 23.1 Å². The molecule has 0 aromatic heterocycles. The van der Waals surface area contributed by atoms with Crippen LogP contribution in [-0.4, -0.2) is 33.9 Å². The molecule has 2 atom stereocenters. The summed E-state index contributed by atoms with van der Waals surface area (Å²) in [6.45, 7) is 2.00. The highest BCUT2D eigenvalue weighted by molar-refractivity contribution is 7.92. The molecule has 0 fully saturated rings. The third kappa shape index (κ3) is 2.12. The lowest BCUT2D eigenvalue weighted by atomic mass is 10.0. The Balaban J connectivity index is 2.38. The van der Waals surface area contributed by atoms with E-state index >= 15 is 0 Å². The molecule has 100 valence electrons. The lowest BCUT2D eigenvalue weighted by Gasteiger charge is -2.15. The number of hydrogen-bond acceptors (Lipinski definition) is 4. The fourth-order valence-corrected chi connectivity index (χ4v) is 4.53. The summed E-state index contributed by atoms with van der Waals surface area (Å²) >= 11 is 0. The second-order valence-corrected chi connectivity index (χ2v) is 6.93. The van der Waals surface area contributed by atoms with Crippen LogP contribution in [0.2, 0.25) is 0 Å². The van der Waals surface area contributed by atoms with Crippen molar-refractivity contribution in [2.75, 3.05) is 14.2 Å². The molecule has 0 amide bonds. The summed E-state index contributed by atoms with van der Waals surface area (Å²) in [5.41, 5.74) is 0.827. The highest BCUT2D eigenvalue weighted by Gasteiger charge is 2.38. The Kier molecular flexibility index (Phi) is 3.64. The van der Waals surface area contributed by atoms with Gasteiger partial charge >= 0.3 is 0 Å². The minimum absolute atomic E-state index is 0.185. The average Bonchev–Trinajstić information content (AvgIpc) is 2.61. The Morgan fingerprint density at radius 2 is 2.22 bits per heavy atom. The van der Waals surface area contributed by atoms with Crippen LogP contribution in [0.3, 0.4) is 0 Å². The largest absolute Gasteiger partial charge is 0.496 e. The highest BCUT2D eigenvalue weighted by Crippen LogP contribution is 2.38. The summed E-state index contributed by atoms with van der Waals surface area (Å²) in [6, 6.07) is 5.42. The van der Waals surface area contributed by atoms with Crippen molar-refractivity contribution in [3.63, 3.8) is 0 Å². The van der Waals surface area contributed by atoms with E-state index in [1.807, 2.05) is 20.0 Å². The Bertz CT molecular complexity index is 539. The first-order valence-electron chi connectivity index (χ1n) is 6.07. The summed E-state index contributed by atoms with van der Waals surface area (Å²) in [4.78, 5) is 0.440. The fraction of sp³-hybridized carbons (Fsp3) is 0.538. The fourth-order valence-electron chi connectivity index (χ4n) is 2.44. The van der Waals surface area contributed by atoms with Gasteiger partial charge in [-0.2, -0.15) is 0 Å². The van der Waals surface area contributed by atoms with E-state index in [1.54, 1.807) is 19.2 Å². The van der Waals surface area contributed by atoms with E-state index in [0.29, 0.717) is 23.5 Å². The van der Waals surface area contributed by atoms with Crippen LogP contribution in [0.5, 0.6) is 5.75 Å². The minimum Gasteiger partial charge on any atom is -0.496 e. The monoisotopic (exact) mass is 269 g/mol. The molecule has 0 spiro atoms. The third-order valence-electron chi connectivity index (χ3n) is 3.60. The van der Waals surface area contributed by atoms with Crippen LogP contribution in [0.4, 0.5) is 0 Å². The van der Waals surface area contributed by atoms with Crippen LogP contribution in [0, 0.1) is 0 Å². The topological polar surface area (TPSA) is 55.4 Å². The van der Waals surface area contributed by atoms with Crippen molar-refractivity contribution in [2.45, 2.75) is 36.0 Å². The molecule has 1 aliphatic heterocycles. The maximum Gasteiger partial charge on any atom is 0.182 e. The van der Waals surface area contributed by atoms with Gasteiger partial charge in [-0.15, -0.1) is 0 Å². The van der Waals surface area contributed by atoms with Gasteiger partial charge in [-0.25, -0.2) is 8.42 Å². The van der Waals surface area contributed by atoms with E-state index in [-0.39, 0.29) is 11.3 Å². The second kappa shape index (κ2) is 4.90. The van der Waals surface area contributed by atoms with Crippen LogP contribution in [0.25, 0.3) is 0 Å². The number of benzene rings is 1. The maximum atomic E-state index is 12.4. The first-order chi connectivity index (χ1) is 8.50. The van der Waals surface area contributed by atoms with Gasteiger partial charge in [0.15, 0.2) is 9.84 Å².